The van der Waals surface area contributed by atoms with Gasteiger partial charge in [0.15, 0.2) is 6.29 Å². The third kappa shape index (κ3) is 4.99. The summed E-state index contributed by atoms with van der Waals surface area (Å²) in [6, 6.07) is 4.83. The normalized spacial score (nSPS) is 40.1. The molecule has 14 heteroatoms. The van der Waals surface area contributed by atoms with Gasteiger partial charge in [-0.05, 0) is 12.1 Å². The molecule has 0 aliphatic carbocycles. The van der Waals surface area contributed by atoms with Crippen LogP contribution in [0.25, 0.3) is 0 Å². The van der Waals surface area contributed by atoms with Crippen LogP contribution < -0.4 is 4.74 Å². The fourth-order valence-corrected chi connectivity index (χ4v) is 3.43. The number of nitro benzene ring substituents is 1. The van der Waals surface area contributed by atoms with Crippen LogP contribution >= 0.6 is 0 Å². The summed E-state index contributed by atoms with van der Waals surface area (Å²) in [7, 11) is 0. The number of nitro groups is 1. The van der Waals surface area contributed by atoms with Gasteiger partial charge in [0, 0.05) is 12.1 Å². The number of hydrogen-bond acceptors (Lipinski definition) is 13. The van der Waals surface area contributed by atoms with Crippen LogP contribution in [0, 0.1) is 10.1 Å². The minimum absolute atomic E-state index is 0.0804. The van der Waals surface area contributed by atoms with Crippen LogP contribution in [0.15, 0.2) is 24.3 Å². The number of aliphatic hydroxyl groups is 7. The van der Waals surface area contributed by atoms with Gasteiger partial charge in [-0.3, -0.25) is 10.1 Å². The van der Waals surface area contributed by atoms with Crippen molar-refractivity contribution in [3.8, 4) is 5.75 Å². The molecule has 2 aliphatic heterocycles. The lowest BCUT2D eigenvalue weighted by Crippen LogP contribution is -2.65. The second-order valence-corrected chi connectivity index (χ2v) is 7.37. The standard InChI is InChI=1S/C18H25NO13/c20-5-9-11(22)12(23)14(25)18(30-9)32-16-10(6-21)31-17(15(26)13(16)24)29-8-3-1-7(2-4-8)19(27)28/h1-4,9-18,20-26H,5-6H2/t9?,10?,11-,12-,13+,14?,15?,16+,17+,18-/m0/s1. The maximum absolute atomic E-state index is 10.7. The predicted molar refractivity (Wildman–Crippen MR) is 100 cm³/mol. The maximum atomic E-state index is 10.7. The molecular weight excluding hydrogens is 438 g/mol. The van der Waals surface area contributed by atoms with E-state index in [0.717, 1.165) is 12.1 Å². The molecule has 32 heavy (non-hydrogen) atoms. The zero-order valence-corrected chi connectivity index (χ0v) is 16.5. The highest BCUT2D eigenvalue weighted by atomic mass is 16.7. The molecular formula is C18H25NO13. The maximum Gasteiger partial charge on any atom is 0.269 e. The Morgan fingerprint density at radius 1 is 0.812 bits per heavy atom. The Kier molecular flexibility index (Phi) is 7.94. The molecule has 2 heterocycles. The monoisotopic (exact) mass is 463 g/mol. The van der Waals surface area contributed by atoms with Gasteiger partial charge in [-0.1, -0.05) is 0 Å². The molecule has 14 nitrogen and oxygen atoms in total. The number of ether oxygens (including phenoxy) is 4. The smallest absolute Gasteiger partial charge is 0.269 e. The highest BCUT2D eigenvalue weighted by Gasteiger charge is 2.51. The SMILES string of the molecule is O=[N+]([O-])c1ccc(O[C@@H]2OC(CO)[C@@H](O[C@@H]3OC(CO)[C@H](O)[C@H](O)C3O)[C@H](O)C2O)cc1. The van der Waals surface area contributed by atoms with E-state index < -0.39 is 79.5 Å². The molecule has 1 aromatic rings. The minimum Gasteiger partial charge on any atom is -0.462 e. The van der Waals surface area contributed by atoms with Crippen LogP contribution in [-0.4, -0.2) is 115 Å². The fourth-order valence-electron chi connectivity index (χ4n) is 3.43. The fraction of sp³-hybridized carbons (Fsp3) is 0.667. The van der Waals surface area contributed by atoms with Crippen molar-refractivity contribution in [2.24, 2.45) is 0 Å². The van der Waals surface area contributed by atoms with Gasteiger partial charge in [0.1, 0.15) is 54.6 Å². The highest BCUT2D eigenvalue weighted by Crippen LogP contribution is 2.30. The average molecular weight is 463 g/mol. The van der Waals surface area contributed by atoms with Crippen molar-refractivity contribution in [3.63, 3.8) is 0 Å². The molecule has 0 aromatic heterocycles. The van der Waals surface area contributed by atoms with E-state index in [-0.39, 0.29) is 11.4 Å². The molecule has 1 aromatic carbocycles. The molecule has 4 unspecified atom stereocenters. The van der Waals surface area contributed by atoms with Crippen LogP contribution in [0.3, 0.4) is 0 Å². The molecule has 0 radical (unpaired) electrons. The summed E-state index contributed by atoms with van der Waals surface area (Å²) in [4.78, 5) is 10.1. The van der Waals surface area contributed by atoms with E-state index in [2.05, 4.69) is 0 Å². The lowest BCUT2D eigenvalue weighted by molar-refractivity contribution is -0.384. The predicted octanol–water partition coefficient (Wildman–Crippen LogP) is -3.40. The number of aliphatic hydroxyl groups excluding tert-OH is 7. The first kappa shape index (κ1) is 24.7. The largest absolute Gasteiger partial charge is 0.462 e. The van der Waals surface area contributed by atoms with Gasteiger partial charge in [0.05, 0.1) is 18.1 Å². The third-order valence-electron chi connectivity index (χ3n) is 5.26. The van der Waals surface area contributed by atoms with Gasteiger partial charge in [0.2, 0.25) is 6.29 Å². The second-order valence-electron chi connectivity index (χ2n) is 7.37. The number of benzene rings is 1. The molecule has 2 saturated heterocycles. The molecule has 2 fully saturated rings. The van der Waals surface area contributed by atoms with Gasteiger partial charge >= 0.3 is 0 Å². The van der Waals surface area contributed by atoms with Crippen LogP contribution in [-0.2, 0) is 14.2 Å². The molecule has 10 atom stereocenters. The molecule has 2 aliphatic rings. The summed E-state index contributed by atoms with van der Waals surface area (Å²) < 4.78 is 21.5. The molecule has 0 amide bonds. The molecule has 0 bridgehead atoms. The van der Waals surface area contributed by atoms with Crippen LogP contribution in [0.4, 0.5) is 5.69 Å². The van der Waals surface area contributed by atoms with Crippen LogP contribution in [0.1, 0.15) is 0 Å². The molecule has 0 spiro atoms. The average Bonchev–Trinajstić information content (AvgIpc) is 2.79. The molecule has 0 saturated carbocycles. The van der Waals surface area contributed by atoms with E-state index in [0.29, 0.717) is 0 Å². The van der Waals surface area contributed by atoms with E-state index in [1.807, 2.05) is 0 Å². The zero-order valence-electron chi connectivity index (χ0n) is 16.5. The Balaban J connectivity index is 1.70. The Hall–Kier alpha value is -1.98. The topological polar surface area (TPSA) is 222 Å². The number of nitrogens with zero attached hydrogens (tertiary/aromatic N) is 1. The Morgan fingerprint density at radius 2 is 1.38 bits per heavy atom. The number of hydrogen-bond donors (Lipinski definition) is 7. The number of rotatable bonds is 7. The number of non-ortho nitro benzene ring substituents is 1. The molecule has 7 N–H and O–H groups in total. The van der Waals surface area contributed by atoms with Crippen molar-refractivity contribution in [3.05, 3.63) is 34.4 Å². The summed E-state index contributed by atoms with van der Waals surface area (Å²) in [5.41, 5.74) is -0.191. The first-order valence-corrected chi connectivity index (χ1v) is 9.67. The van der Waals surface area contributed by atoms with Gasteiger partial charge in [-0.15, -0.1) is 0 Å². The summed E-state index contributed by atoms with van der Waals surface area (Å²) in [6.45, 7) is -1.42. The lowest BCUT2D eigenvalue weighted by Gasteiger charge is -2.45. The molecule has 3 rings (SSSR count). The van der Waals surface area contributed by atoms with Crippen molar-refractivity contribution in [2.45, 2.75) is 61.4 Å². The van der Waals surface area contributed by atoms with E-state index in [4.69, 9.17) is 18.9 Å². The van der Waals surface area contributed by atoms with Crippen molar-refractivity contribution in [2.75, 3.05) is 13.2 Å². The van der Waals surface area contributed by atoms with E-state index in [1.165, 1.54) is 12.1 Å². The Morgan fingerprint density at radius 3 is 1.94 bits per heavy atom. The first-order valence-electron chi connectivity index (χ1n) is 9.67. The summed E-state index contributed by atoms with van der Waals surface area (Å²) in [5, 5.41) is 80.4. The summed E-state index contributed by atoms with van der Waals surface area (Å²) >= 11 is 0. The van der Waals surface area contributed by atoms with E-state index in [1.54, 1.807) is 0 Å². The van der Waals surface area contributed by atoms with Crippen LogP contribution in [0.2, 0.25) is 0 Å². The minimum atomic E-state index is -1.77. The van der Waals surface area contributed by atoms with Gasteiger partial charge in [-0.2, -0.15) is 0 Å². The third-order valence-corrected chi connectivity index (χ3v) is 5.26. The van der Waals surface area contributed by atoms with E-state index >= 15 is 0 Å². The van der Waals surface area contributed by atoms with Gasteiger partial charge < -0.3 is 54.7 Å². The van der Waals surface area contributed by atoms with Crippen molar-refractivity contribution < 1.29 is 59.6 Å². The van der Waals surface area contributed by atoms with Gasteiger partial charge in [-0.25, -0.2) is 0 Å². The van der Waals surface area contributed by atoms with Crippen molar-refractivity contribution in [1.82, 2.24) is 0 Å². The Labute approximate surface area is 180 Å². The van der Waals surface area contributed by atoms with Crippen molar-refractivity contribution in [1.29, 1.82) is 0 Å². The first-order chi connectivity index (χ1) is 15.2. The highest BCUT2D eigenvalue weighted by molar-refractivity contribution is 5.36. The lowest BCUT2D eigenvalue weighted by atomic mass is 9.97. The summed E-state index contributed by atoms with van der Waals surface area (Å²) in [6.07, 6.45) is -15.7. The zero-order chi connectivity index (χ0) is 23.6. The van der Waals surface area contributed by atoms with Gasteiger partial charge in [0.25, 0.3) is 5.69 Å². The second kappa shape index (κ2) is 10.3. The Bertz CT molecular complexity index is 760. The van der Waals surface area contributed by atoms with Crippen molar-refractivity contribution >= 4 is 5.69 Å². The quantitative estimate of drug-likeness (QED) is 0.155. The summed E-state index contributed by atoms with van der Waals surface area (Å²) in [5.74, 6) is 0.0804. The van der Waals surface area contributed by atoms with E-state index in [9.17, 15) is 45.9 Å². The molecule has 180 valence electrons. The van der Waals surface area contributed by atoms with Crippen LogP contribution in [0.5, 0.6) is 5.75 Å².